The molecule has 19 heteroatoms. The maximum atomic E-state index is 15.2. The summed E-state index contributed by atoms with van der Waals surface area (Å²) in [5, 5.41) is 28.3. The molecular formula is C68H93N11O8. The van der Waals surface area contributed by atoms with Gasteiger partial charge in [0.25, 0.3) is 5.91 Å². The Morgan fingerprint density at radius 3 is 1.46 bits per heavy atom. The fourth-order valence-corrected chi connectivity index (χ4v) is 13.5. The van der Waals surface area contributed by atoms with E-state index in [2.05, 4.69) is 47.9 Å². The molecule has 0 radical (unpaired) electrons. The zero-order valence-electron chi connectivity index (χ0n) is 51.3. The molecule has 4 aliphatic rings. The molecule has 0 aliphatic carbocycles. The van der Waals surface area contributed by atoms with Gasteiger partial charge in [-0.25, -0.2) is 0 Å². The molecule has 8 rings (SSSR count). The van der Waals surface area contributed by atoms with Gasteiger partial charge in [-0.05, 0) is 113 Å². The number of hydrogen-bond donors (Lipinski definition) is 9. The number of amides is 8. The molecule has 87 heavy (non-hydrogen) atoms. The van der Waals surface area contributed by atoms with Crippen molar-refractivity contribution >= 4 is 47.3 Å². The Morgan fingerprint density at radius 1 is 0.506 bits per heavy atom. The third kappa shape index (κ3) is 16.6. The number of rotatable bonds is 30. The fraction of sp³-hybridized carbons (Fsp3) is 0.529. The highest BCUT2D eigenvalue weighted by Gasteiger charge is 2.52. The number of likely N-dealkylation sites (N-methyl/N-ethyl adjacent to an activating group) is 2. The van der Waals surface area contributed by atoms with Crippen molar-refractivity contribution in [1.29, 1.82) is 0 Å². The average molecular weight is 1190 g/mol. The first-order valence-corrected chi connectivity index (χ1v) is 32.0. The first-order chi connectivity index (χ1) is 42.3. The van der Waals surface area contributed by atoms with Crippen LogP contribution in [0.3, 0.4) is 0 Å². The summed E-state index contributed by atoms with van der Waals surface area (Å²) in [7, 11) is 3.43. The molecule has 0 aromatic heterocycles. The maximum absolute atomic E-state index is 15.2. The summed E-state index contributed by atoms with van der Waals surface area (Å²) < 4.78 is 0. The third-order valence-electron chi connectivity index (χ3n) is 18.5. The van der Waals surface area contributed by atoms with Gasteiger partial charge < -0.3 is 57.7 Å². The average Bonchev–Trinajstić information content (AvgIpc) is 1.87. The lowest BCUT2D eigenvalue weighted by Crippen LogP contribution is -2.62. The minimum atomic E-state index is -1.67. The summed E-state index contributed by atoms with van der Waals surface area (Å²) in [4.78, 5) is 118. The van der Waals surface area contributed by atoms with E-state index < -0.39 is 53.6 Å². The van der Waals surface area contributed by atoms with Gasteiger partial charge in [0.05, 0.1) is 12.1 Å². The molecule has 4 saturated heterocycles. The molecule has 0 saturated carbocycles. The van der Waals surface area contributed by atoms with Crippen LogP contribution in [0, 0.1) is 11.8 Å². The number of carbonyl (C=O) groups excluding carboxylic acids is 8. The van der Waals surface area contributed by atoms with Crippen molar-refractivity contribution in [2.75, 3.05) is 33.7 Å². The standard InChI is InChI=1S/C68H93N11O8/c1-5-54(69-3)61(81)75-59-48(44-71-42-46-24-14-10-15-25-46)33-35-53-38-40-57(79(53)65(59)85)64(84)77-68(50-28-18-12-19-29-50,51-30-20-13-21-31-51)67(87)72-41-23-9-7-8-22-32-58(80)73-45-49-34-36-52-37-39-56(63(83)74-43-47-26-16-11-17-27-47)78(52)66(86)60(49)76-62(82)55(6-2)70-4/h10-21,24-31,48-49,52-57,59-60,69-71H,5-9,22-23,32-45H2,1-4H3,(H,72,87)(H,73,80)(H,74,83)(H,75,81)(H,76,82)(H,77,84)/t48-,49-,52+,53+,54+,55+,56+,57+,59+,60+/m1/s1. The molecule has 8 amide bonds. The predicted molar refractivity (Wildman–Crippen MR) is 335 cm³/mol. The van der Waals surface area contributed by atoms with Crippen LogP contribution in [0.1, 0.15) is 139 Å². The summed E-state index contributed by atoms with van der Waals surface area (Å²) in [5.41, 5.74) is 1.51. The lowest BCUT2D eigenvalue weighted by molar-refractivity contribution is -0.145. The topological polar surface area (TPSA) is 251 Å². The highest BCUT2D eigenvalue weighted by Crippen LogP contribution is 2.38. The first kappa shape index (κ1) is 65.5. The number of unbranched alkanes of at least 4 members (excludes halogenated alkanes) is 4. The fourth-order valence-electron chi connectivity index (χ4n) is 13.5. The second-order valence-corrected chi connectivity index (χ2v) is 24.0. The van der Waals surface area contributed by atoms with Crippen LogP contribution in [0.4, 0.5) is 0 Å². The maximum Gasteiger partial charge on any atom is 0.255 e. The zero-order chi connectivity index (χ0) is 61.7. The Hall–Kier alpha value is -7.48. The van der Waals surface area contributed by atoms with Gasteiger partial charge in [0, 0.05) is 63.1 Å². The highest BCUT2D eigenvalue weighted by molar-refractivity contribution is 5.99. The minimum Gasteiger partial charge on any atom is -0.356 e. The Labute approximate surface area is 513 Å². The van der Waals surface area contributed by atoms with Crippen molar-refractivity contribution in [3.8, 4) is 0 Å². The van der Waals surface area contributed by atoms with E-state index >= 15 is 14.4 Å². The summed E-state index contributed by atoms with van der Waals surface area (Å²) in [5.74, 6) is -3.01. The van der Waals surface area contributed by atoms with Crippen LogP contribution >= 0.6 is 0 Å². The normalized spacial score (nSPS) is 22.6. The molecular weight excluding hydrogens is 1100 g/mol. The van der Waals surface area contributed by atoms with E-state index in [0.717, 1.165) is 30.4 Å². The van der Waals surface area contributed by atoms with Gasteiger partial charge in [-0.15, -0.1) is 0 Å². The van der Waals surface area contributed by atoms with Crippen molar-refractivity contribution in [2.45, 2.75) is 184 Å². The van der Waals surface area contributed by atoms with Gasteiger partial charge in [0.15, 0.2) is 5.54 Å². The van der Waals surface area contributed by atoms with E-state index in [1.807, 2.05) is 135 Å². The molecule has 0 unspecified atom stereocenters. The molecule has 4 aromatic carbocycles. The lowest BCUT2D eigenvalue weighted by atomic mass is 9.81. The van der Waals surface area contributed by atoms with Gasteiger partial charge in [-0.2, -0.15) is 0 Å². The molecule has 10 atom stereocenters. The Balaban J connectivity index is 0.863. The van der Waals surface area contributed by atoms with E-state index in [0.29, 0.717) is 114 Å². The Bertz CT molecular complexity index is 2860. The molecule has 19 nitrogen and oxygen atoms in total. The number of nitrogens with zero attached hydrogens (tertiary/aromatic N) is 2. The Kier molecular flexibility index (Phi) is 24.5. The van der Waals surface area contributed by atoms with Gasteiger partial charge in [0.1, 0.15) is 24.2 Å². The molecule has 4 fully saturated rings. The van der Waals surface area contributed by atoms with E-state index in [9.17, 15) is 24.0 Å². The second kappa shape index (κ2) is 32.5. The molecule has 4 heterocycles. The number of benzene rings is 4. The van der Waals surface area contributed by atoms with E-state index in [1.54, 1.807) is 23.9 Å². The van der Waals surface area contributed by atoms with Crippen molar-refractivity contribution in [3.05, 3.63) is 144 Å². The quantitative estimate of drug-likeness (QED) is 0.0306. The highest BCUT2D eigenvalue weighted by atomic mass is 16.2. The lowest BCUT2D eigenvalue weighted by Gasteiger charge is -2.38. The van der Waals surface area contributed by atoms with Crippen molar-refractivity contribution < 1.29 is 38.4 Å². The first-order valence-electron chi connectivity index (χ1n) is 32.0. The van der Waals surface area contributed by atoms with Crippen molar-refractivity contribution in [3.63, 3.8) is 0 Å². The zero-order valence-corrected chi connectivity index (χ0v) is 51.3. The molecule has 4 aliphatic heterocycles. The van der Waals surface area contributed by atoms with Crippen LogP contribution in [0.25, 0.3) is 0 Å². The summed E-state index contributed by atoms with van der Waals surface area (Å²) in [6.07, 6.45) is 9.70. The number of fused-ring (bicyclic) bond motifs is 2. The number of carbonyl (C=O) groups is 8. The van der Waals surface area contributed by atoms with E-state index in [4.69, 9.17) is 0 Å². The summed E-state index contributed by atoms with van der Waals surface area (Å²) in [6, 6.07) is 33.3. The Morgan fingerprint density at radius 2 is 0.954 bits per heavy atom. The van der Waals surface area contributed by atoms with Crippen LogP contribution < -0.4 is 47.9 Å². The molecule has 0 spiro atoms. The van der Waals surface area contributed by atoms with Gasteiger partial charge in [-0.3, -0.25) is 38.4 Å². The monoisotopic (exact) mass is 1190 g/mol. The molecule has 9 N–H and O–H groups in total. The van der Waals surface area contributed by atoms with E-state index in [1.165, 1.54) is 0 Å². The molecule has 0 bridgehead atoms. The van der Waals surface area contributed by atoms with Crippen LogP contribution in [0.5, 0.6) is 0 Å². The van der Waals surface area contributed by atoms with Crippen molar-refractivity contribution in [2.24, 2.45) is 11.8 Å². The van der Waals surface area contributed by atoms with Gasteiger partial charge in [-0.1, -0.05) is 154 Å². The van der Waals surface area contributed by atoms with Crippen LogP contribution in [-0.4, -0.2) is 139 Å². The summed E-state index contributed by atoms with van der Waals surface area (Å²) >= 11 is 0. The SMILES string of the molecule is CC[C@H](NC)C(=O)N[C@@H]1C(=O)N2[C@@H](CC[C@@H]1CNC(=O)CCCCCCCNC(=O)C(NC(=O)[C@@H]1CC[C@@H]3CC[C@H](CNCc4ccccc4)[C@H](NC(=O)[C@H](CC)NC)C(=O)N31)(c1ccccc1)c1ccccc1)CC[C@H]2C(=O)NCc1ccccc1. The summed E-state index contributed by atoms with van der Waals surface area (Å²) in [6.45, 7) is 5.75. The smallest absolute Gasteiger partial charge is 0.255 e. The van der Waals surface area contributed by atoms with Gasteiger partial charge in [0.2, 0.25) is 41.4 Å². The molecule has 4 aromatic rings. The second-order valence-electron chi connectivity index (χ2n) is 24.0. The third-order valence-corrected chi connectivity index (χ3v) is 18.5. The van der Waals surface area contributed by atoms with E-state index in [-0.39, 0.29) is 72.3 Å². The van der Waals surface area contributed by atoms with Crippen molar-refractivity contribution in [1.82, 2.24) is 57.7 Å². The minimum absolute atomic E-state index is 0.143. The molecule has 468 valence electrons. The van der Waals surface area contributed by atoms with Crippen LogP contribution in [0.2, 0.25) is 0 Å². The number of hydrogen-bond acceptors (Lipinski definition) is 11. The van der Waals surface area contributed by atoms with Crippen LogP contribution in [-0.2, 0) is 57.0 Å². The number of nitrogens with one attached hydrogen (secondary N) is 9. The van der Waals surface area contributed by atoms with Gasteiger partial charge >= 0.3 is 0 Å². The van der Waals surface area contributed by atoms with Crippen LogP contribution in [0.15, 0.2) is 121 Å². The largest absolute Gasteiger partial charge is 0.356 e. The predicted octanol–water partition coefficient (Wildman–Crippen LogP) is 5.23.